The van der Waals surface area contributed by atoms with E-state index in [1.54, 1.807) is 37.5 Å². The van der Waals surface area contributed by atoms with Crippen molar-refractivity contribution in [1.29, 1.82) is 5.26 Å². The standard InChI is InChI=1S/C18H15NO2/c1-13-4-3-5-14(10-13)11-16(12-19)18(20)15-6-8-17(21-2)9-7-15/h3-11H,1-2H3/b16-11-. The molecule has 2 aromatic carbocycles. The number of rotatable bonds is 4. The zero-order chi connectivity index (χ0) is 15.2. The van der Waals surface area contributed by atoms with Gasteiger partial charge < -0.3 is 4.74 Å². The Balaban J connectivity index is 2.32. The van der Waals surface area contributed by atoms with Crippen molar-refractivity contribution in [1.82, 2.24) is 0 Å². The number of Topliss-reactive ketones (excluding diaryl/α,β-unsaturated/α-hetero) is 1. The number of aryl methyl sites for hydroxylation is 1. The molecule has 0 atom stereocenters. The molecule has 0 heterocycles. The van der Waals surface area contributed by atoms with E-state index in [9.17, 15) is 10.1 Å². The summed E-state index contributed by atoms with van der Waals surface area (Å²) >= 11 is 0. The molecule has 0 aliphatic rings. The van der Waals surface area contributed by atoms with E-state index in [0.29, 0.717) is 11.3 Å². The smallest absolute Gasteiger partial charge is 0.203 e. The Morgan fingerprint density at radius 2 is 1.90 bits per heavy atom. The van der Waals surface area contributed by atoms with Crippen molar-refractivity contribution in [2.24, 2.45) is 0 Å². The Hall–Kier alpha value is -2.86. The number of ketones is 1. The molecule has 0 radical (unpaired) electrons. The average molecular weight is 277 g/mol. The molecule has 0 fully saturated rings. The molecule has 21 heavy (non-hydrogen) atoms. The lowest BCUT2D eigenvalue weighted by Crippen LogP contribution is -2.01. The van der Waals surface area contributed by atoms with Crippen LogP contribution in [0.25, 0.3) is 6.08 Å². The van der Waals surface area contributed by atoms with Crippen LogP contribution in [-0.2, 0) is 0 Å². The number of nitriles is 1. The van der Waals surface area contributed by atoms with Crippen LogP contribution in [0.5, 0.6) is 5.75 Å². The molecule has 0 aromatic heterocycles. The maximum atomic E-state index is 12.3. The fraction of sp³-hybridized carbons (Fsp3) is 0.111. The molecule has 3 nitrogen and oxygen atoms in total. The highest BCUT2D eigenvalue weighted by atomic mass is 16.5. The summed E-state index contributed by atoms with van der Waals surface area (Å²) in [7, 11) is 1.56. The summed E-state index contributed by atoms with van der Waals surface area (Å²) in [5, 5.41) is 9.23. The molecule has 0 saturated heterocycles. The summed E-state index contributed by atoms with van der Waals surface area (Å²) in [6.45, 7) is 1.97. The van der Waals surface area contributed by atoms with Gasteiger partial charge >= 0.3 is 0 Å². The second kappa shape index (κ2) is 6.53. The lowest BCUT2D eigenvalue weighted by Gasteiger charge is -2.03. The third-order valence-electron chi connectivity index (χ3n) is 3.07. The Bertz CT molecular complexity index is 722. The number of hydrogen-bond donors (Lipinski definition) is 0. The first-order valence-electron chi connectivity index (χ1n) is 6.51. The van der Waals surface area contributed by atoms with Gasteiger partial charge in [0.1, 0.15) is 17.4 Å². The van der Waals surface area contributed by atoms with Gasteiger partial charge in [-0.25, -0.2) is 0 Å². The van der Waals surface area contributed by atoms with Crippen molar-refractivity contribution in [2.75, 3.05) is 7.11 Å². The minimum Gasteiger partial charge on any atom is -0.497 e. The lowest BCUT2D eigenvalue weighted by atomic mass is 10.0. The Morgan fingerprint density at radius 3 is 2.48 bits per heavy atom. The van der Waals surface area contributed by atoms with Crippen LogP contribution in [0.15, 0.2) is 54.1 Å². The highest BCUT2D eigenvalue weighted by Gasteiger charge is 2.12. The predicted octanol–water partition coefficient (Wildman–Crippen LogP) is 3.79. The van der Waals surface area contributed by atoms with E-state index >= 15 is 0 Å². The molecule has 0 aliphatic carbocycles. The zero-order valence-corrected chi connectivity index (χ0v) is 12.0. The molecule has 0 spiro atoms. The first-order valence-corrected chi connectivity index (χ1v) is 6.51. The Kier molecular flexibility index (Phi) is 4.53. The Labute approximate surface area is 124 Å². The molecule has 2 rings (SSSR count). The molecular formula is C18H15NO2. The summed E-state index contributed by atoms with van der Waals surface area (Å²) in [5.74, 6) is 0.384. The van der Waals surface area contributed by atoms with Gasteiger partial charge in [0.2, 0.25) is 5.78 Å². The van der Waals surface area contributed by atoms with Crippen LogP contribution in [0.3, 0.4) is 0 Å². The number of methoxy groups -OCH3 is 1. The Morgan fingerprint density at radius 1 is 1.19 bits per heavy atom. The molecule has 0 N–H and O–H groups in total. The zero-order valence-electron chi connectivity index (χ0n) is 12.0. The van der Waals surface area contributed by atoms with Gasteiger partial charge in [0.25, 0.3) is 0 Å². The van der Waals surface area contributed by atoms with Gasteiger partial charge in [-0.05, 0) is 42.8 Å². The highest BCUT2D eigenvalue weighted by molar-refractivity contribution is 6.14. The summed E-state index contributed by atoms with van der Waals surface area (Å²) < 4.78 is 5.05. The molecule has 0 saturated carbocycles. The topological polar surface area (TPSA) is 50.1 Å². The number of hydrogen-bond acceptors (Lipinski definition) is 3. The second-order valence-corrected chi connectivity index (χ2v) is 4.64. The molecule has 3 heteroatoms. The molecular weight excluding hydrogens is 262 g/mol. The van der Waals surface area contributed by atoms with Crippen LogP contribution >= 0.6 is 0 Å². The van der Waals surface area contributed by atoms with Gasteiger partial charge in [-0.15, -0.1) is 0 Å². The van der Waals surface area contributed by atoms with Crippen molar-refractivity contribution >= 4 is 11.9 Å². The number of allylic oxidation sites excluding steroid dienone is 1. The quantitative estimate of drug-likeness (QED) is 0.485. The van der Waals surface area contributed by atoms with Crippen molar-refractivity contribution < 1.29 is 9.53 Å². The van der Waals surface area contributed by atoms with Crippen LogP contribution in [0, 0.1) is 18.3 Å². The first kappa shape index (κ1) is 14.5. The van der Waals surface area contributed by atoms with Gasteiger partial charge in [0, 0.05) is 5.56 Å². The summed E-state index contributed by atoms with van der Waals surface area (Å²) in [6, 6.07) is 16.4. The van der Waals surface area contributed by atoms with E-state index in [1.165, 1.54) is 0 Å². The maximum Gasteiger partial charge on any atom is 0.203 e. The molecule has 0 aliphatic heterocycles. The van der Waals surface area contributed by atoms with Crippen LogP contribution in [0.2, 0.25) is 0 Å². The number of benzene rings is 2. The third-order valence-corrected chi connectivity index (χ3v) is 3.07. The SMILES string of the molecule is COc1ccc(C(=O)/C(C#N)=C\c2cccc(C)c2)cc1. The van der Waals surface area contributed by atoms with E-state index in [2.05, 4.69) is 0 Å². The van der Waals surface area contributed by atoms with Crippen LogP contribution in [0.1, 0.15) is 21.5 Å². The van der Waals surface area contributed by atoms with E-state index in [0.717, 1.165) is 11.1 Å². The average Bonchev–Trinajstić information content (AvgIpc) is 2.52. The predicted molar refractivity (Wildman–Crippen MR) is 82.1 cm³/mol. The van der Waals surface area contributed by atoms with Crippen LogP contribution < -0.4 is 4.74 Å². The van der Waals surface area contributed by atoms with E-state index in [4.69, 9.17) is 4.74 Å². The molecule has 0 amide bonds. The van der Waals surface area contributed by atoms with Gasteiger partial charge in [-0.2, -0.15) is 5.26 Å². The molecule has 0 unspecified atom stereocenters. The third kappa shape index (κ3) is 3.58. The van der Waals surface area contributed by atoms with Crippen molar-refractivity contribution in [3.05, 3.63) is 70.8 Å². The summed E-state index contributed by atoms with van der Waals surface area (Å²) in [4.78, 5) is 12.3. The summed E-state index contributed by atoms with van der Waals surface area (Å²) in [6.07, 6.45) is 1.61. The number of carbonyl (C=O) groups is 1. The number of nitrogens with zero attached hydrogens (tertiary/aromatic N) is 1. The van der Waals surface area contributed by atoms with Crippen LogP contribution in [0.4, 0.5) is 0 Å². The van der Waals surface area contributed by atoms with Crippen molar-refractivity contribution in [3.8, 4) is 11.8 Å². The van der Waals surface area contributed by atoms with E-state index in [-0.39, 0.29) is 11.4 Å². The van der Waals surface area contributed by atoms with E-state index < -0.39 is 0 Å². The summed E-state index contributed by atoms with van der Waals surface area (Å²) in [5.41, 5.74) is 2.51. The fourth-order valence-electron chi connectivity index (χ4n) is 1.97. The number of ether oxygens (including phenoxy) is 1. The molecule has 0 bridgehead atoms. The second-order valence-electron chi connectivity index (χ2n) is 4.64. The van der Waals surface area contributed by atoms with Gasteiger partial charge in [0.05, 0.1) is 7.11 Å². The van der Waals surface area contributed by atoms with Crippen molar-refractivity contribution in [2.45, 2.75) is 6.92 Å². The number of carbonyl (C=O) groups excluding carboxylic acids is 1. The van der Waals surface area contributed by atoms with Gasteiger partial charge in [-0.3, -0.25) is 4.79 Å². The van der Waals surface area contributed by atoms with Gasteiger partial charge in [0.15, 0.2) is 0 Å². The van der Waals surface area contributed by atoms with E-state index in [1.807, 2.05) is 37.3 Å². The minimum atomic E-state index is -0.290. The first-order chi connectivity index (χ1) is 10.1. The largest absolute Gasteiger partial charge is 0.497 e. The molecule has 2 aromatic rings. The lowest BCUT2D eigenvalue weighted by molar-refractivity contribution is 0.104. The molecule has 104 valence electrons. The monoisotopic (exact) mass is 277 g/mol. The fourth-order valence-corrected chi connectivity index (χ4v) is 1.97. The normalized spacial score (nSPS) is 10.8. The maximum absolute atomic E-state index is 12.3. The minimum absolute atomic E-state index is 0.116. The van der Waals surface area contributed by atoms with Crippen LogP contribution in [-0.4, -0.2) is 12.9 Å². The highest BCUT2D eigenvalue weighted by Crippen LogP contribution is 2.16. The van der Waals surface area contributed by atoms with Gasteiger partial charge in [-0.1, -0.05) is 29.8 Å². The van der Waals surface area contributed by atoms with Crippen molar-refractivity contribution in [3.63, 3.8) is 0 Å².